The maximum atomic E-state index is 6.05. The third kappa shape index (κ3) is 4.03. The van der Waals surface area contributed by atoms with E-state index in [0.29, 0.717) is 30.3 Å². The van der Waals surface area contributed by atoms with Gasteiger partial charge in [-0.15, -0.1) is 0 Å². The molecule has 0 amide bonds. The van der Waals surface area contributed by atoms with Crippen LogP contribution >= 0.6 is 11.6 Å². The van der Waals surface area contributed by atoms with Crippen molar-refractivity contribution in [1.29, 1.82) is 0 Å². The molecular weight excluding hydrogens is 266 g/mol. The first-order chi connectivity index (χ1) is 9.22. The first kappa shape index (κ1) is 14.5. The summed E-state index contributed by atoms with van der Waals surface area (Å²) >= 11 is 6.05. The maximum absolute atomic E-state index is 6.05. The van der Waals surface area contributed by atoms with Gasteiger partial charge in [-0.1, -0.05) is 11.6 Å². The first-order valence-corrected chi connectivity index (χ1v) is 6.99. The van der Waals surface area contributed by atoms with Crippen LogP contribution in [0, 0.1) is 0 Å². The molecule has 0 spiro atoms. The van der Waals surface area contributed by atoms with Crippen molar-refractivity contribution in [2.75, 3.05) is 31.7 Å². The fourth-order valence-corrected chi connectivity index (χ4v) is 2.39. The molecule has 5 nitrogen and oxygen atoms in total. The van der Waals surface area contributed by atoms with E-state index in [1.807, 2.05) is 13.0 Å². The van der Waals surface area contributed by atoms with E-state index in [1.165, 1.54) is 0 Å². The van der Waals surface area contributed by atoms with Crippen LogP contribution in [0.3, 0.4) is 0 Å². The van der Waals surface area contributed by atoms with Crippen LogP contribution in [0.15, 0.2) is 6.07 Å². The molecule has 1 aromatic rings. The second kappa shape index (κ2) is 7.03. The fraction of sp³-hybridized carbons (Fsp3) is 0.692. The summed E-state index contributed by atoms with van der Waals surface area (Å²) in [6.07, 6.45) is 2.38. The maximum Gasteiger partial charge on any atom is 0.158 e. The number of rotatable bonds is 5. The highest BCUT2D eigenvalue weighted by Gasteiger charge is 2.20. The van der Waals surface area contributed by atoms with E-state index in [4.69, 9.17) is 21.1 Å². The largest absolute Gasteiger partial charge is 0.381 e. The van der Waals surface area contributed by atoms with Crippen LogP contribution in [-0.4, -0.2) is 42.9 Å². The summed E-state index contributed by atoms with van der Waals surface area (Å²) in [5.74, 6) is 1.52. The molecule has 0 saturated carbocycles. The van der Waals surface area contributed by atoms with Gasteiger partial charge in [-0.25, -0.2) is 9.97 Å². The predicted octanol–water partition coefficient (Wildman–Crippen LogP) is 2.28. The predicted molar refractivity (Wildman–Crippen MR) is 74.6 cm³/mol. The minimum absolute atomic E-state index is 0.358. The van der Waals surface area contributed by atoms with Gasteiger partial charge in [0, 0.05) is 32.9 Å². The molecule has 0 aliphatic carbocycles. The van der Waals surface area contributed by atoms with Crippen LogP contribution < -0.4 is 4.90 Å². The van der Waals surface area contributed by atoms with Crippen molar-refractivity contribution >= 4 is 17.4 Å². The number of methoxy groups -OCH3 is 1. The molecule has 6 heteroatoms. The van der Waals surface area contributed by atoms with E-state index in [-0.39, 0.29) is 0 Å². The molecule has 1 aliphatic heterocycles. The van der Waals surface area contributed by atoms with Crippen molar-refractivity contribution in [3.8, 4) is 0 Å². The van der Waals surface area contributed by atoms with E-state index in [2.05, 4.69) is 14.9 Å². The topological polar surface area (TPSA) is 47.5 Å². The Balaban J connectivity index is 2.05. The summed E-state index contributed by atoms with van der Waals surface area (Å²) in [6.45, 7) is 4.85. The number of hydrogen-bond acceptors (Lipinski definition) is 5. The van der Waals surface area contributed by atoms with Gasteiger partial charge in [0.1, 0.15) is 17.6 Å². The Kier molecular flexibility index (Phi) is 5.36. The molecule has 0 N–H and O–H groups in total. The Labute approximate surface area is 118 Å². The van der Waals surface area contributed by atoms with Crippen molar-refractivity contribution in [3.63, 3.8) is 0 Å². The summed E-state index contributed by atoms with van der Waals surface area (Å²) in [4.78, 5) is 10.9. The molecule has 19 heavy (non-hydrogen) atoms. The highest BCUT2D eigenvalue weighted by atomic mass is 35.5. The molecule has 1 fully saturated rings. The molecule has 2 rings (SSSR count). The summed E-state index contributed by atoms with van der Waals surface area (Å²) in [6, 6.07) is 1.81. The van der Waals surface area contributed by atoms with Gasteiger partial charge < -0.3 is 14.4 Å². The van der Waals surface area contributed by atoms with Gasteiger partial charge in [-0.05, 0) is 19.8 Å². The van der Waals surface area contributed by atoms with Gasteiger partial charge >= 0.3 is 0 Å². The number of piperidine rings is 1. The van der Waals surface area contributed by atoms with Crippen LogP contribution in [0.25, 0.3) is 0 Å². The summed E-state index contributed by atoms with van der Waals surface area (Å²) in [5.41, 5.74) is 0. The average molecular weight is 286 g/mol. The van der Waals surface area contributed by atoms with Gasteiger partial charge in [-0.3, -0.25) is 0 Å². The van der Waals surface area contributed by atoms with Crippen molar-refractivity contribution in [2.24, 2.45) is 0 Å². The fourth-order valence-electron chi connectivity index (χ4n) is 2.19. The molecule has 1 aliphatic rings. The van der Waals surface area contributed by atoms with Gasteiger partial charge in [0.2, 0.25) is 0 Å². The molecular formula is C13H20ClN3O2. The van der Waals surface area contributed by atoms with E-state index in [9.17, 15) is 0 Å². The zero-order valence-electron chi connectivity index (χ0n) is 11.4. The molecule has 0 unspecified atom stereocenters. The molecule has 0 atom stereocenters. The van der Waals surface area contributed by atoms with E-state index >= 15 is 0 Å². The molecule has 0 aromatic carbocycles. The van der Waals surface area contributed by atoms with Crippen molar-refractivity contribution in [3.05, 3.63) is 17.0 Å². The van der Waals surface area contributed by atoms with Gasteiger partial charge in [-0.2, -0.15) is 0 Å². The monoisotopic (exact) mass is 285 g/mol. The second-order valence-corrected chi connectivity index (χ2v) is 4.91. The normalized spacial score (nSPS) is 16.9. The third-order valence-corrected chi connectivity index (χ3v) is 3.46. The lowest BCUT2D eigenvalue weighted by molar-refractivity contribution is 0.0817. The quantitative estimate of drug-likeness (QED) is 0.777. The van der Waals surface area contributed by atoms with E-state index < -0.39 is 0 Å². The first-order valence-electron chi connectivity index (χ1n) is 6.62. The lowest BCUT2D eigenvalue weighted by atomic mass is 10.1. The Bertz CT molecular complexity index is 409. The summed E-state index contributed by atoms with van der Waals surface area (Å²) in [5, 5.41) is 0.466. The molecule has 1 saturated heterocycles. The Morgan fingerprint density at radius 3 is 2.74 bits per heavy atom. The molecule has 0 bridgehead atoms. The Morgan fingerprint density at radius 1 is 1.37 bits per heavy atom. The Morgan fingerprint density at radius 2 is 2.11 bits per heavy atom. The third-order valence-electron chi connectivity index (χ3n) is 3.26. The highest BCUT2D eigenvalue weighted by Crippen LogP contribution is 2.21. The number of ether oxygens (including phenoxy) is 2. The lowest BCUT2D eigenvalue weighted by Crippen LogP contribution is -2.37. The molecule has 1 aromatic heterocycles. The zero-order chi connectivity index (χ0) is 13.7. The Hall–Kier alpha value is -0.910. The molecule has 2 heterocycles. The van der Waals surface area contributed by atoms with Crippen molar-refractivity contribution in [1.82, 2.24) is 9.97 Å². The van der Waals surface area contributed by atoms with Crippen LogP contribution in [-0.2, 0) is 16.1 Å². The number of halogens is 1. The standard InChI is InChI=1S/C13H20ClN3O2/c1-3-19-9-12-15-11(14)8-13(16-12)17-6-4-10(18-2)5-7-17/h8,10H,3-7,9H2,1-2H3. The molecule has 106 valence electrons. The zero-order valence-corrected chi connectivity index (χ0v) is 12.2. The number of aromatic nitrogens is 2. The average Bonchev–Trinajstić information content (AvgIpc) is 2.44. The van der Waals surface area contributed by atoms with Crippen LogP contribution in [0.2, 0.25) is 5.15 Å². The van der Waals surface area contributed by atoms with Crippen molar-refractivity contribution < 1.29 is 9.47 Å². The van der Waals surface area contributed by atoms with Crippen LogP contribution in [0.5, 0.6) is 0 Å². The van der Waals surface area contributed by atoms with Gasteiger partial charge in [0.15, 0.2) is 5.82 Å². The summed E-state index contributed by atoms with van der Waals surface area (Å²) in [7, 11) is 1.77. The SMILES string of the molecule is CCOCc1nc(Cl)cc(N2CCC(OC)CC2)n1. The number of nitrogens with zero attached hydrogens (tertiary/aromatic N) is 3. The molecule has 0 radical (unpaired) electrons. The minimum Gasteiger partial charge on any atom is -0.381 e. The number of hydrogen-bond donors (Lipinski definition) is 0. The van der Waals surface area contributed by atoms with E-state index in [0.717, 1.165) is 31.7 Å². The highest BCUT2D eigenvalue weighted by molar-refractivity contribution is 6.29. The second-order valence-electron chi connectivity index (χ2n) is 4.52. The van der Waals surface area contributed by atoms with Gasteiger partial charge in [0.25, 0.3) is 0 Å². The van der Waals surface area contributed by atoms with Crippen LogP contribution in [0.4, 0.5) is 5.82 Å². The minimum atomic E-state index is 0.358. The number of anilines is 1. The summed E-state index contributed by atoms with van der Waals surface area (Å²) < 4.78 is 10.7. The van der Waals surface area contributed by atoms with Gasteiger partial charge in [0.05, 0.1) is 6.10 Å². The lowest BCUT2D eigenvalue weighted by Gasteiger charge is -2.32. The smallest absolute Gasteiger partial charge is 0.158 e. The van der Waals surface area contributed by atoms with Crippen LogP contribution in [0.1, 0.15) is 25.6 Å². The van der Waals surface area contributed by atoms with Crippen molar-refractivity contribution in [2.45, 2.75) is 32.5 Å². The van der Waals surface area contributed by atoms with E-state index in [1.54, 1.807) is 7.11 Å².